The number of hydrogen-bond donors (Lipinski definition) is 1. The zero-order valence-electron chi connectivity index (χ0n) is 14.5. The van der Waals surface area contributed by atoms with Crippen LogP contribution in [-0.2, 0) is 4.79 Å². The molecule has 2 rings (SSSR count). The molecule has 0 saturated carbocycles. The summed E-state index contributed by atoms with van der Waals surface area (Å²) in [6.07, 6.45) is 0.0892. The molecular weight excluding hydrogens is 324 g/mol. The first kappa shape index (κ1) is 18.8. The van der Waals surface area contributed by atoms with Gasteiger partial charge in [-0.2, -0.15) is 0 Å². The van der Waals surface area contributed by atoms with Gasteiger partial charge in [0.2, 0.25) is 5.91 Å². The number of carbonyl (C=O) groups is 2. The van der Waals surface area contributed by atoms with Gasteiger partial charge in [0, 0.05) is 30.0 Å². The number of ketones is 1. The zero-order chi connectivity index (χ0) is 18.6. The Hall–Kier alpha value is -2.56. The van der Waals surface area contributed by atoms with Gasteiger partial charge in [-0.15, -0.1) is 0 Å². The van der Waals surface area contributed by atoms with Crippen molar-refractivity contribution in [3.63, 3.8) is 0 Å². The van der Waals surface area contributed by atoms with Gasteiger partial charge in [0.25, 0.3) is 0 Å². The van der Waals surface area contributed by atoms with E-state index >= 15 is 0 Å². The average molecular weight is 345 g/mol. The maximum absolute atomic E-state index is 13.7. The number of aryl methyl sites for hydroxylation is 2. The number of halogens is 2. The van der Waals surface area contributed by atoms with Crippen molar-refractivity contribution in [3.05, 3.63) is 70.3 Å². The quantitative estimate of drug-likeness (QED) is 0.788. The second-order valence-electron chi connectivity index (χ2n) is 6.18. The molecule has 0 heterocycles. The Morgan fingerprint density at radius 2 is 1.72 bits per heavy atom. The van der Waals surface area contributed by atoms with Gasteiger partial charge in [0.1, 0.15) is 11.6 Å². The van der Waals surface area contributed by atoms with Crippen molar-refractivity contribution >= 4 is 11.7 Å². The highest BCUT2D eigenvalue weighted by Crippen LogP contribution is 2.18. The summed E-state index contributed by atoms with van der Waals surface area (Å²) >= 11 is 0. The Balaban J connectivity index is 1.91. The fraction of sp³-hybridized carbons (Fsp3) is 0.300. The number of Topliss-reactive ketones (excluding diaryl/α,β-unsaturated/α-hetero) is 1. The van der Waals surface area contributed by atoms with Gasteiger partial charge in [-0.1, -0.05) is 18.2 Å². The summed E-state index contributed by atoms with van der Waals surface area (Å²) in [6.45, 7) is 5.50. The van der Waals surface area contributed by atoms with Crippen LogP contribution in [0.1, 0.15) is 52.9 Å². The van der Waals surface area contributed by atoms with Crippen molar-refractivity contribution in [1.82, 2.24) is 5.32 Å². The summed E-state index contributed by atoms with van der Waals surface area (Å²) in [7, 11) is 0. The molecule has 0 aliphatic carbocycles. The van der Waals surface area contributed by atoms with Gasteiger partial charge in [-0.05, 0) is 44.0 Å². The van der Waals surface area contributed by atoms with E-state index in [1.165, 1.54) is 6.07 Å². The molecule has 1 atom stereocenters. The SMILES string of the molecule is Cc1ccc(C(=O)CCC(=O)N[C@H](C)c2ccc(F)cc2F)cc1C. The molecule has 0 fully saturated rings. The lowest BCUT2D eigenvalue weighted by Gasteiger charge is -2.15. The molecule has 0 aliphatic rings. The number of nitrogens with one attached hydrogen (secondary N) is 1. The maximum Gasteiger partial charge on any atom is 0.220 e. The van der Waals surface area contributed by atoms with Crippen LogP contribution in [0.3, 0.4) is 0 Å². The smallest absolute Gasteiger partial charge is 0.220 e. The molecule has 2 aromatic carbocycles. The second kappa shape index (κ2) is 8.01. The van der Waals surface area contributed by atoms with E-state index in [0.717, 1.165) is 23.3 Å². The molecule has 0 bridgehead atoms. The first-order valence-corrected chi connectivity index (χ1v) is 8.12. The summed E-state index contributed by atoms with van der Waals surface area (Å²) in [5, 5.41) is 2.63. The van der Waals surface area contributed by atoms with Crippen LogP contribution in [0, 0.1) is 25.5 Å². The molecule has 5 heteroatoms. The third-order valence-corrected chi connectivity index (χ3v) is 4.21. The Morgan fingerprint density at radius 1 is 1.00 bits per heavy atom. The lowest BCUT2D eigenvalue weighted by Crippen LogP contribution is -2.27. The predicted molar refractivity (Wildman–Crippen MR) is 92.4 cm³/mol. The number of hydrogen-bond acceptors (Lipinski definition) is 2. The first-order chi connectivity index (χ1) is 11.8. The van der Waals surface area contributed by atoms with Crippen LogP contribution in [-0.4, -0.2) is 11.7 Å². The summed E-state index contributed by atoms with van der Waals surface area (Å²) in [6, 6.07) is 8.05. The van der Waals surface area contributed by atoms with E-state index in [9.17, 15) is 18.4 Å². The summed E-state index contributed by atoms with van der Waals surface area (Å²) in [4.78, 5) is 24.2. The monoisotopic (exact) mass is 345 g/mol. The Labute approximate surface area is 146 Å². The molecule has 0 aliphatic heterocycles. The minimum atomic E-state index is -0.709. The van der Waals surface area contributed by atoms with Crippen molar-refractivity contribution in [2.75, 3.05) is 0 Å². The van der Waals surface area contributed by atoms with E-state index in [1.807, 2.05) is 26.0 Å². The third kappa shape index (κ3) is 4.95. The van der Waals surface area contributed by atoms with Gasteiger partial charge in [0.15, 0.2) is 5.78 Å². The molecule has 0 saturated heterocycles. The molecule has 3 nitrogen and oxygen atoms in total. The fourth-order valence-electron chi connectivity index (χ4n) is 2.53. The fourth-order valence-corrected chi connectivity index (χ4v) is 2.53. The van der Waals surface area contributed by atoms with E-state index in [4.69, 9.17) is 0 Å². The normalized spacial score (nSPS) is 11.9. The minimum absolute atomic E-state index is 0.0128. The number of benzene rings is 2. The van der Waals surface area contributed by atoms with E-state index in [1.54, 1.807) is 13.0 Å². The molecule has 2 aromatic rings. The van der Waals surface area contributed by atoms with Crippen LogP contribution in [0.2, 0.25) is 0 Å². The number of carbonyl (C=O) groups excluding carboxylic acids is 2. The highest BCUT2D eigenvalue weighted by molar-refractivity contribution is 5.98. The van der Waals surface area contributed by atoms with Gasteiger partial charge in [0.05, 0.1) is 6.04 Å². The van der Waals surface area contributed by atoms with Crippen LogP contribution in [0.4, 0.5) is 8.78 Å². The maximum atomic E-state index is 13.7. The Morgan fingerprint density at radius 3 is 2.36 bits per heavy atom. The van der Waals surface area contributed by atoms with Crippen molar-refractivity contribution in [1.29, 1.82) is 0 Å². The highest BCUT2D eigenvalue weighted by atomic mass is 19.1. The van der Waals surface area contributed by atoms with E-state index in [0.29, 0.717) is 5.56 Å². The topological polar surface area (TPSA) is 46.2 Å². The summed E-state index contributed by atoms with van der Waals surface area (Å²) in [5.41, 5.74) is 2.91. The first-order valence-electron chi connectivity index (χ1n) is 8.12. The molecule has 0 unspecified atom stereocenters. The van der Waals surface area contributed by atoms with Crippen molar-refractivity contribution in [2.45, 2.75) is 39.7 Å². The van der Waals surface area contributed by atoms with Crippen molar-refractivity contribution < 1.29 is 18.4 Å². The zero-order valence-corrected chi connectivity index (χ0v) is 14.5. The molecule has 0 spiro atoms. The van der Waals surface area contributed by atoms with Crippen molar-refractivity contribution in [2.24, 2.45) is 0 Å². The minimum Gasteiger partial charge on any atom is -0.349 e. The lowest BCUT2D eigenvalue weighted by atomic mass is 10.0. The largest absolute Gasteiger partial charge is 0.349 e. The summed E-state index contributed by atoms with van der Waals surface area (Å²) in [5.74, 6) is -1.84. The molecular formula is C20H21F2NO2. The Kier molecular flexibility index (Phi) is 6.02. The molecule has 1 N–H and O–H groups in total. The molecule has 0 aromatic heterocycles. The van der Waals surface area contributed by atoms with Gasteiger partial charge in [-0.3, -0.25) is 9.59 Å². The standard InChI is InChI=1S/C20H21F2NO2/c1-12-4-5-15(10-13(12)2)19(24)8-9-20(25)23-14(3)17-7-6-16(21)11-18(17)22/h4-7,10-11,14H,8-9H2,1-3H3,(H,23,25)/t14-/m1/s1. The van der Waals surface area contributed by atoms with E-state index < -0.39 is 17.7 Å². The molecule has 25 heavy (non-hydrogen) atoms. The molecule has 132 valence electrons. The molecule has 0 radical (unpaired) electrons. The van der Waals surface area contributed by atoms with Crippen LogP contribution in [0.15, 0.2) is 36.4 Å². The predicted octanol–water partition coefficient (Wildman–Crippen LogP) is 4.42. The second-order valence-corrected chi connectivity index (χ2v) is 6.18. The van der Waals surface area contributed by atoms with Gasteiger partial charge < -0.3 is 5.32 Å². The number of amides is 1. The van der Waals surface area contributed by atoms with Crippen LogP contribution in [0.5, 0.6) is 0 Å². The van der Waals surface area contributed by atoms with E-state index in [2.05, 4.69) is 5.32 Å². The Bertz CT molecular complexity index is 802. The van der Waals surface area contributed by atoms with Crippen molar-refractivity contribution in [3.8, 4) is 0 Å². The van der Waals surface area contributed by atoms with Gasteiger partial charge >= 0.3 is 0 Å². The third-order valence-electron chi connectivity index (χ3n) is 4.21. The average Bonchev–Trinajstić information content (AvgIpc) is 2.55. The van der Waals surface area contributed by atoms with Gasteiger partial charge in [-0.25, -0.2) is 8.78 Å². The van der Waals surface area contributed by atoms with Crippen LogP contribution < -0.4 is 5.32 Å². The lowest BCUT2D eigenvalue weighted by molar-refractivity contribution is -0.121. The van der Waals surface area contributed by atoms with E-state index in [-0.39, 0.29) is 30.1 Å². The summed E-state index contributed by atoms with van der Waals surface area (Å²) < 4.78 is 26.6. The van der Waals surface area contributed by atoms with Crippen LogP contribution in [0.25, 0.3) is 0 Å². The van der Waals surface area contributed by atoms with Crippen LogP contribution >= 0.6 is 0 Å². The molecule has 1 amide bonds. The number of rotatable bonds is 6. The highest BCUT2D eigenvalue weighted by Gasteiger charge is 2.16.